The molecule has 0 heterocycles. The Labute approximate surface area is 111 Å². The number of hydrogen-bond donors (Lipinski definition) is 0. The van der Waals surface area contributed by atoms with Crippen LogP contribution in [0, 0.1) is 6.92 Å². The van der Waals surface area contributed by atoms with E-state index in [0.717, 1.165) is 0 Å². The highest BCUT2D eigenvalue weighted by Crippen LogP contribution is 2.52. The average Bonchev–Trinajstić information content (AvgIpc) is 2.62. The summed E-state index contributed by atoms with van der Waals surface area (Å²) in [6, 6.07) is 17.6. The second kappa shape index (κ2) is 3.58. The summed E-state index contributed by atoms with van der Waals surface area (Å²) in [5, 5.41) is -0.0137. The Hall–Kier alpha value is -1.34. The van der Waals surface area contributed by atoms with Gasteiger partial charge in [-0.1, -0.05) is 68.2 Å². The van der Waals surface area contributed by atoms with Gasteiger partial charge >= 0.3 is 0 Å². The molecule has 0 unspecified atom stereocenters. The summed E-state index contributed by atoms with van der Waals surface area (Å²) >= 11 is 0. The van der Waals surface area contributed by atoms with E-state index < -0.39 is 8.07 Å². The van der Waals surface area contributed by atoms with Crippen LogP contribution in [0.2, 0.25) is 19.6 Å². The van der Waals surface area contributed by atoms with Gasteiger partial charge in [-0.15, -0.1) is 0 Å². The first-order valence-corrected chi connectivity index (χ1v) is 10.0. The van der Waals surface area contributed by atoms with Crippen LogP contribution < -0.4 is 0 Å². The molecule has 0 aromatic heterocycles. The molecule has 1 aliphatic carbocycles. The fraction of sp³-hybridized carbons (Fsp3) is 0.235. The maximum absolute atomic E-state index is 4.68. The van der Waals surface area contributed by atoms with Gasteiger partial charge in [-0.25, -0.2) is 0 Å². The minimum absolute atomic E-state index is 0.0137. The van der Waals surface area contributed by atoms with E-state index in [1.54, 1.807) is 0 Å². The predicted octanol–water partition coefficient (Wildman–Crippen LogP) is 4.66. The molecule has 0 spiro atoms. The summed E-state index contributed by atoms with van der Waals surface area (Å²) in [4.78, 5) is 0. The molecule has 1 aliphatic rings. The van der Waals surface area contributed by atoms with E-state index in [4.69, 9.17) is 0 Å². The Kier molecular flexibility index (Phi) is 2.33. The van der Waals surface area contributed by atoms with Crippen LogP contribution in [0.5, 0.6) is 0 Å². The van der Waals surface area contributed by atoms with E-state index in [0.29, 0.717) is 0 Å². The summed E-state index contributed by atoms with van der Waals surface area (Å²) in [5.41, 5.74) is 5.60. The molecule has 2 aromatic carbocycles. The number of fused-ring (bicyclic) bond motifs is 3. The zero-order valence-electron chi connectivity index (χ0n) is 11.3. The van der Waals surface area contributed by atoms with Crippen LogP contribution in [-0.2, 0) is 5.04 Å². The van der Waals surface area contributed by atoms with Crippen molar-refractivity contribution in [3.05, 3.63) is 66.6 Å². The molecule has 91 valence electrons. The quantitative estimate of drug-likeness (QED) is 0.646. The summed E-state index contributed by atoms with van der Waals surface area (Å²) in [5.74, 6) is 0. The Morgan fingerprint density at radius 3 is 1.56 bits per heavy atom. The van der Waals surface area contributed by atoms with Gasteiger partial charge in [0, 0.05) is 5.04 Å². The van der Waals surface area contributed by atoms with Gasteiger partial charge < -0.3 is 0 Å². The zero-order chi connectivity index (χ0) is 13.0. The van der Waals surface area contributed by atoms with Gasteiger partial charge in [0.2, 0.25) is 0 Å². The molecule has 18 heavy (non-hydrogen) atoms. The lowest BCUT2D eigenvalue weighted by Gasteiger charge is -2.39. The topological polar surface area (TPSA) is 0 Å². The molecule has 0 aliphatic heterocycles. The van der Waals surface area contributed by atoms with Crippen LogP contribution in [0.25, 0.3) is 11.1 Å². The third-order valence-corrected chi connectivity index (χ3v) is 7.44. The summed E-state index contributed by atoms with van der Waals surface area (Å²) in [7, 11) is -1.46. The molecule has 0 amide bonds. The Bertz CT molecular complexity index is 560. The van der Waals surface area contributed by atoms with Crippen molar-refractivity contribution in [1.82, 2.24) is 0 Å². The van der Waals surface area contributed by atoms with Gasteiger partial charge in [-0.05, 0) is 29.2 Å². The first kappa shape index (κ1) is 11.7. The third-order valence-electron chi connectivity index (χ3n) is 4.34. The predicted molar refractivity (Wildman–Crippen MR) is 81.4 cm³/mol. The van der Waals surface area contributed by atoms with E-state index in [2.05, 4.69) is 75.1 Å². The average molecular weight is 251 g/mol. The Morgan fingerprint density at radius 2 is 1.17 bits per heavy atom. The van der Waals surface area contributed by atoms with Gasteiger partial charge in [-0.2, -0.15) is 0 Å². The van der Waals surface area contributed by atoms with Gasteiger partial charge in [0.25, 0.3) is 0 Å². The maximum atomic E-state index is 4.68. The van der Waals surface area contributed by atoms with E-state index in [1.165, 1.54) is 22.3 Å². The molecule has 0 fully saturated rings. The molecule has 0 saturated carbocycles. The molecule has 2 aromatic rings. The fourth-order valence-electron chi connectivity index (χ4n) is 3.13. The molecule has 1 heteroatoms. The van der Waals surface area contributed by atoms with Gasteiger partial charge in [-0.3, -0.25) is 0 Å². The van der Waals surface area contributed by atoms with Crippen molar-refractivity contribution in [2.45, 2.75) is 24.7 Å². The van der Waals surface area contributed by atoms with Crippen molar-refractivity contribution >= 4 is 8.07 Å². The zero-order valence-corrected chi connectivity index (χ0v) is 12.3. The maximum Gasteiger partial charge on any atom is 0.0613 e. The molecular formula is C17H19Si. The first-order valence-electron chi connectivity index (χ1n) is 6.51. The second-order valence-electron chi connectivity index (χ2n) is 6.25. The van der Waals surface area contributed by atoms with Crippen LogP contribution >= 0.6 is 0 Å². The molecule has 0 saturated heterocycles. The van der Waals surface area contributed by atoms with E-state index in [1.807, 2.05) is 0 Å². The van der Waals surface area contributed by atoms with Gasteiger partial charge in [0.15, 0.2) is 0 Å². The molecule has 0 nitrogen and oxygen atoms in total. The highest BCUT2D eigenvalue weighted by Gasteiger charge is 2.48. The summed E-state index contributed by atoms with van der Waals surface area (Å²) < 4.78 is 0. The van der Waals surface area contributed by atoms with Crippen molar-refractivity contribution in [2.24, 2.45) is 0 Å². The molecule has 3 rings (SSSR count). The van der Waals surface area contributed by atoms with Crippen molar-refractivity contribution in [3.63, 3.8) is 0 Å². The van der Waals surface area contributed by atoms with Crippen LogP contribution in [0.1, 0.15) is 11.1 Å². The van der Waals surface area contributed by atoms with E-state index in [-0.39, 0.29) is 5.04 Å². The number of rotatable bonds is 1. The molecule has 1 radical (unpaired) electrons. The van der Waals surface area contributed by atoms with Gasteiger partial charge in [0.05, 0.1) is 8.07 Å². The first-order chi connectivity index (χ1) is 8.46. The number of benzene rings is 2. The highest BCUT2D eigenvalue weighted by atomic mass is 28.3. The third kappa shape index (κ3) is 1.31. The van der Waals surface area contributed by atoms with E-state index in [9.17, 15) is 0 Å². The van der Waals surface area contributed by atoms with Gasteiger partial charge in [0.1, 0.15) is 0 Å². The minimum atomic E-state index is -1.46. The Morgan fingerprint density at radius 1 is 0.778 bits per heavy atom. The summed E-state index contributed by atoms with van der Waals surface area (Å²) in [6.07, 6.45) is 0. The minimum Gasteiger partial charge on any atom is -0.0686 e. The molecular weight excluding hydrogens is 232 g/mol. The molecule has 0 N–H and O–H groups in total. The number of hydrogen-bond acceptors (Lipinski definition) is 0. The van der Waals surface area contributed by atoms with Crippen molar-refractivity contribution in [1.29, 1.82) is 0 Å². The van der Waals surface area contributed by atoms with Crippen LogP contribution in [0.3, 0.4) is 0 Å². The largest absolute Gasteiger partial charge is 0.0686 e. The smallest absolute Gasteiger partial charge is 0.0613 e. The SMILES string of the molecule is [CH2]C1([Si](C)(C)C)c2ccccc2-c2ccccc21. The second-order valence-corrected chi connectivity index (χ2v) is 11.6. The van der Waals surface area contributed by atoms with Crippen LogP contribution in [-0.4, -0.2) is 8.07 Å². The lowest BCUT2D eigenvalue weighted by atomic mass is 9.98. The fourth-order valence-corrected chi connectivity index (χ4v) is 5.19. The van der Waals surface area contributed by atoms with Crippen molar-refractivity contribution in [2.75, 3.05) is 0 Å². The van der Waals surface area contributed by atoms with Crippen molar-refractivity contribution < 1.29 is 0 Å². The molecule has 0 bridgehead atoms. The lowest BCUT2D eigenvalue weighted by molar-refractivity contribution is 0.895. The normalized spacial score (nSPS) is 16.2. The van der Waals surface area contributed by atoms with Crippen LogP contribution in [0.15, 0.2) is 48.5 Å². The highest BCUT2D eigenvalue weighted by molar-refractivity contribution is 6.80. The monoisotopic (exact) mass is 251 g/mol. The lowest BCUT2D eigenvalue weighted by Crippen LogP contribution is -2.47. The Balaban J connectivity index is 2.41. The van der Waals surface area contributed by atoms with E-state index >= 15 is 0 Å². The van der Waals surface area contributed by atoms with Crippen LogP contribution in [0.4, 0.5) is 0 Å². The van der Waals surface area contributed by atoms with Crippen molar-refractivity contribution in [3.8, 4) is 11.1 Å². The molecule has 0 atom stereocenters. The standard InChI is InChI=1S/C17H19Si/c1-17(18(2,3)4)15-11-7-5-9-13(15)14-10-6-8-12-16(14)17/h5-12H,1H2,2-4H3. The summed E-state index contributed by atoms with van der Waals surface area (Å²) in [6.45, 7) is 11.9.